The van der Waals surface area contributed by atoms with Gasteiger partial charge in [-0.25, -0.2) is 4.90 Å². The molecule has 1 fully saturated rings. The molecule has 3 heterocycles. The predicted octanol–water partition coefficient (Wildman–Crippen LogP) is 2.84. The van der Waals surface area contributed by atoms with Gasteiger partial charge in [-0.1, -0.05) is 24.3 Å². The number of piperazine rings is 1. The van der Waals surface area contributed by atoms with Crippen molar-refractivity contribution in [3.63, 3.8) is 0 Å². The van der Waals surface area contributed by atoms with E-state index in [9.17, 15) is 14.4 Å². The van der Waals surface area contributed by atoms with E-state index >= 15 is 0 Å². The summed E-state index contributed by atoms with van der Waals surface area (Å²) < 4.78 is 0. The highest BCUT2D eigenvalue weighted by atomic mass is 16.2. The molecule has 0 unspecified atom stereocenters. The highest BCUT2D eigenvalue weighted by molar-refractivity contribution is 6.34. The summed E-state index contributed by atoms with van der Waals surface area (Å²) in [7, 11) is 0. The van der Waals surface area contributed by atoms with Gasteiger partial charge in [0, 0.05) is 50.7 Å². The smallest absolute Gasteiger partial charge is 0.266 e. The maximum Gasteiger partial charge on any atom is 0.266 e. The van der Waals surface area contributed by atoms with Gasteiger partial charge >= 0.3 is 0 Å². The Labute approximate surface area is 185 Å². The van der Waals surface area contributed by atoms with Crippen molar-refractivity contribution in [1.82, 2.24) is 14.8 Å². The van der Waals surface area contributed by atoms with Gasteiger partial charge in [0.2, 0.25) is 0 Å². The Morgan fingerprint density at radius 2 is 1.56 bits per heavy atom. The number of nitrogens with zero attached hydrogens (tertiary/aromatic N) is 4. The number of anilines is 1. The molecule has 0 spiro atoms. The zero-order valence-electron chi connectivity index (χ0n) is 17.5. The van der Waals surface area contributed by atoms with Gasteiger partial charge < -0.3 is 4.90 Å². The molecule has 0 saturated carbocycles. The van der Waals surface area contributed by atoms with Gasteiger partial charge in [-0.2, -0.15) is 0 Å². The topological polar surface area (TPSA) is 73.8 Å². The Morgan fingerprint density at radius 1 is 0.844 bits per heavy atom. The van der Waals surface area contributed by atoms with Crippen LogP contribution in [0, 0.1) is 0 Å². The fourth-order valence-corrected chi connectivity index (χ4v) is 4.24. The van der Waals surface area contributed by atoms with Crippen LogP contribution >= 0.6 is 0 Å². The molecule has 5 rings (SSSR count). The monoisotopic (exact) mass is 426 g/mol. The summed E-state index contributed by atoms with van der Waals surface area (Å²) in [6.45, 7) is 3.61. The average Bonchev–Trinajstić information content (AvgIpc) is 3.10. The van der Waals surface area contributed by atoms with Gasteiger partial charge in [0.1, 0.15) is 0 Å². The fourth-order valence-electron chi connectivity index (χ4n) is 4.24. The van der Waals surface area contributed by atoms with Gasteiger partial charge in [-0.3, -0.25) is 24.3 Å². The fraction of sp³-hybridized carbons (Fsp3) is 0.200. The number of fused-ring (bicyclic) bond motifs is 1. The van der Waals surface area contributed by atoms with Gasteiger partial charge in [0.05, 0.1) is 16.8 Å². The highest BCUT2D eigenvalue weighted by Crippen LogP contribution is 2.29. The van der Waals surface area contributed by atoms with E-state index in [4.69, 9.17) is 0 Å². The van der Waals surface area contributed by atoms with E-state index in [-0.39, 0.29) is 17.7 Å². The third kappa shape index (κ3) is 3.67. The van der Waals surface area contributed by atoms with E-state index in [2.05, 4.69) is 16.0 Å². The quantitative estimate of drug-likeness (QED) is 0.600. The van der Waals surface area contributed by atoms with Crippen LogP contribution in [0.5, 0.6) is 0 Å². The van der Waals surface area contributed by atoms with Crippen molar-refractivity contribution in [3.05, 3.63) is 95.3 Å². The standard InChI is InChI=1S/C25H22N4O3/c30-23(28-13-11-27(12-14-28)17-18-5-4-10-26-16-18)19-6-3-7-20(15-19)29-24(31)21-8-1-2-9-22(21)25(29)32/h1-10,15-16H,11-14,17H2. The van der Waals surface area contributed by atoms with Crippen LogP contribution in [0.3, 0.4) is 0 Å². The van der Waals surface area contributed by atoms with Crippen molar-refractivity contribution >= 4 is 23.4 Å². The van der Waals surface area contributed by atoms with Crippen LogP contribution in [0.15, 0.2) is 73.1 Å². The van der Waals surface area contributed by atoms with Crippen molar-refractivity contribution in [1.29, 1.82) is 0 Å². The molecular weight excluding hydrogens is 404 g/mol. The molecular formula is C25H22N4O3. The van der Waals surface area contributed by atoms with Crippen LogP contribution in [-0.4, -0.2) is 58.7 Å². The molecule has 2 aliphatic rings. The molecule has 3 aromatic rings. The number of carbonyl (C=O) groups excluding carboxylic acids is 3. The summed E-state index contributed by atoms with van der Waals surface area (Å²) in [5, 5.41) is 0. The molecule has 1 saturated heterocycles. The summed E-state index contributed by atoms with van der Waals surface area (Å²) in [6.07, 6.45) is 3.62. The SMILES string of the molecule is O=C(c1cccc(N2C(=O)c3ccccc3C2=O)c1)N1CCN(Cc2cccnc2)CC1. The maximum absolute atomic E-state index is 13.1. The molecule has 1 aromatic heterocycles. The van der Waals surface area contributed by atoms with Crippen LogP contribution in [0.4, 0.5) is 5.69 Å². The summed E-state index contributed by atoms with van der Waals surface area (Å²) in [4.78, 5) is 48.1. The number of pyridine rings is 1. The molecule has 0 radical (unpaired) electrons. The van der Waals surface area contributed by atoms with Gasteiger partial charge in [0.15, 0.2) is 0 Å². The third-order valence-electron chi connectivity index (χ3n) is 5.93. The summed E-state index contributed by atoms with van der Waals surface area (Å²) in [5.74, 6) is -0.817. The molecule has 3 amide bonds. The van der Waals surface area contributed by atoms with Crippen LogP contribution in [0.2, 0.25) is 0 Å². The lowest BCUT2D eigenvalue weighted by molar-refractivity contribution is 0.0627. The summed E-state index contributed by atoms with van der Waals surface area (Å²) >= 11 is 0. The second kappa shape index (κ2) is 8.36. The van der Waals surface area contributed by atoms with Crippen LogP contribution in [-0.2, 0) is 6.54 Å². The number of hydrogen-bond donors (Lipinski definition) is 0. The summed E-state index contributed by atoms with van der Waals surface area (Å²) in [6, 6.07) is 17.5. The summed E-state index contributed by atoms with van der Waals surface area (Å²) in [5.41, 5.74) is 2.82. The van der Waals surface area contributed by atoms with Gasteiger partial charge in [0.25, 0.3) is 17.7 Å². The zero-order chi connectivity index (χ0) is 22.1. The normalized spacial score (nSPS) is 16.4. The highest BCUT2D eigenvalue weighted by Gasteiger charge is 2.36. The first-order valence-corrected chi connectivity index (χ1v) is 10.6. The first-order chi connectivity index (χ1) is 15.6. The minimum absolute atomic E-state index is 0.0931. The molecule has 160 valence electrons. The van der Waals surface area contributed by atoms with E-state index in [0.29, 0.717) is 35.5 Å². The van der Waals surface area contributed by atoms with E-state index in [0.717, 1.165) is 30.1 Å². The Bertz CT molecular complexity index is 1150. The number of aromatic nitrogens is 1. The van der Waals surface area contributed by atoms with Crippen molar-refractivity contribution in [2.45, 2.75) is 6.54 Å². The van der Waals surface area contributed by atoms with Crippen LogP contribution in [0.1, 0.15) is 36.6 Å². The first-order valence-electron chi connectivity index (χ1n) is 10.6. The molecule has 2 aliphatic heterocycles. The molecule has 0 aliphatic carbocycles. The molecule has 0 atom stereocenters. The van der Waals surface area contributed by atoms with E-state index in [1.807, 2.05) is 17.2 Å². The lowest BCUT2D eigenvalue weighted by Crippen LogP contribution is -2.48. The van der Waals surface area contributed by atoms with Crippen molar-refractivity contribution in [2.24, 2.45) is 0 Å². The maximum atomic E-state index is 13.1. The second-order valence-electron chi connectivity index (χ2n) is 7.97. The Kier molecular flexibility index (Phi) is 5.25. The number of benzene rings is 2. The number of amides is 3. The number of imide groups is 1. The van der Waals surface area contributed by atoms with E-state index < -0.39 is 0 Å². The predicted molar refractivity (Wildman–Crippen MR) is 119 cm³/mol. The van der Waals surface area contributed by atoms with E-state index in [1.54, 1.807) is 54.7 Å². The molecule has 7 nitrogen and oxygen atoms in total. The Balaban J connectivity index is 1.28. The van der Waals surface area contributed by atoms with Gasteiger partial charge in [-0.05, 0) is 42.0 Å². The van der Waals surface area contributed by atoms with E-state index in [1.165, 1.54) is 0 Å². The molecule has 32 heavy (non-hydrogen) atoms. The number of rotatable bonds is 4. The lowest BCUT2D eigenvalue weighted by Gasteiger charge is -2.34. The molecule has 7 heteroatoms. The number of carbonyl (C=O) groups is 3. The largest absolute Gasteiger partial charge is 0.336 e. The van der Waals surface area contributed by atoms with Crippen LogP contribution < -0.4 is 4.90 Å². The van der Waals surface area contributed by atoms with Crippen LogP contribution in [0.25, 0.3) is 0 Å². The number of hydrogen-bond acceptors (Lipinski definition) is 5. The Morgan fingerprint density at radius 3 is 2.22 bits per heavy atom. The Hall–Kier alpha value is -3.84. The third-order valence-corrected chi connectivity index (χ3v) is 5.93. The molecule has 0 bridgehead atoms. The minimum atomic E-state index is -0.362. The molecule has 0 N–H and O–H groups in total. The average molecular weight is 426 g/mol. The van der Waals surface area contributed by atoms with Gasteiger partial charge in [-0.15, -0.1) is 0 Å². The minimum Gasteiger partial charge on any atom is -0.336 e. The van der Waals surface area contributed by atoms with Crippen molar-refractivity contribution in [3.8, 4) is 0 Å². The zero-order valence-corrected chi connectivity index (χ0v) is 17.5. The first kappa shape index (κ1) is 20.1. The van der Waals surface area contributed by atoms with Crippen molar-refractivity contribution < 1.29 is 14.4 Å². The molecule has 2 aromatic carbocycles. The second-order valence-corrected chi connectivity index (χ2v) is 7.97. The lowest BCUT2D eigenvalue weighted by atomic mass is 10.1. The van der Waals surface area contributed by atoms with Crippen molar-refractivity contribution in [2.75, 3.05) is 31.1 Å².